The maximum absolute atomic E-state index is 12.9. The van der Waals surface area contributed by atoms with Crippen molar-refractivity contribution in [3.63, 3.8) is 0 Å². The van der Waals surface area contributed by atoms with Crippen molar-refractivity contribution >= 4 is 34.8 Å². The maximum atomic E-state index is 12.9. The van der Waals surface area contributed by atoms with E-state index in [1.165, 1.54) is 5.56 Å². The Bertz CT molecular complexity index is 1340. The molecular formula is C26H27Cl2N5O2. The van der Waals surface area contributed by atoms with Crippen molar-refractivity contribution in [2.24, 2.45) is 0 Å². The molecule has 182 valence electrons. The number of carbonyl (C=O) groups excluding carboxylic acids is 1. The summed E-state index contributed by atoms with van der Waals surface area (Å²) in [6.07, 6.45) is 1.71. The topological polar surface area (TPSA) is 74.0 Å². The molecule has 0 spiro atoms. The molecule has 0 aliphatic carbocycles. The molecule has 1 N–H and O–H groups in total. The normalized spacial score (nSPS) is 11.2. The van der Waals surface area contributed by atoms with Gasteiger partial charge in [0.05, 0.1) is 23.6 Å². The standard InChI is InChI=1S/C26H27Cl2N5O2/c1-16(2)19-6-9-22(10-7-19)35-15-32-12-11-24(31-32)26(34)29-25-17(3)30-33(18(25)4)14-20-5-8-21(27)13-23(20)28/h5-13,16H,14-15H2,1-4H3,(H,29,34). The zero-order valence-corrected chi connectivity index (χ0v) is 21.6. The van der Waals surface area contributed by atoms with E-state index in [2.05, 4.69) is 29.4 Å². The summed E-state index contributed by atoms with van der Waals surface area (Å²) in [5, 5.41) is 13.0. The SMILES string of the molecule is Cc1nn(Cc2ccc(Cl)cc2Cl)c(C)c1NC(=O)c1ccn(COc2ccc(C(C)C)cc2)n1. The summed E-state index contributed by atoms with van der Waals surface area (Å²) < 4.78 is 9.17. The highest BCUT2D eigenvalue weighted by molar-refractivity contribution is 6.35. The van der Waals surface area contributed by atoms with Crippen LogP contribution in [0.15, 0.2) is 54.7 Å². The van der Waals surface area contributed by atoms with Crippen molar-refractivity contribution in [2.45, 2.75) is 46.9 Å². The molecule has 0 aliphatic heterocycles. The zero-order valence-electron chi connectivity index (χ0n) is 20.0. The molecule has 0 aliphatic rings. The molecule has 2 aromatic carbocycles. The molecule has 4 aromatic rings. The van der Waals surface area contributed by atoms with E-state index in [1.54, 1.807) is 33.8 Å². The van der Waals surface area contributed by atoms with E-state index in [9.17, 15) is 4.79 Å². The van der Waals surface area contributed by atoms with Crippen LogP contribution >= 0.6 is 23.2 Å². The minimum atomic E-state index is -0.319. The van der Waals surface area contributed by atoms with Crippen molar-refractivity contribution in [3.05, 3.63) is 93.0 Å². The van der Waals surface area contributed by atoms with Crippen molar-refractivity contribution < 1.29 is 9.53 Å². The lowest BCUT2D eigenvalue weighted by Crippen LogP contribution is -2.15. The molecule has 2 heterocycles. The van der Waals surface area contributed by atoms with Gasteiger partial charge in [0.2, 0.25) is 0 Å². The van der Waals surface area contributed by atoms with Crippen LogP contribution in [-0.2, 0) is 13.3 Å². The first kappa shape index (κ1) is 24.8. The Morgan fingerprint density at radius 3 is 2.49 bits per heavy atom. The molecule has 0 atom stereocenters. The van der Waals surface area contributed by atoms with Crippen LogP contribution in [0.3, 0.4) is 0 Å². The molecular weight excluding hydrogens is 485 g/mol. The van der Waals surface area contributed by atoms with Gasteiger partial charge in [0.1, 0.15) is 5.75 Å². The van der Waals surface area contributed by atoms with Crippen LogP contribution in [0, 0.1) is 13.8 Å². The van der Waals surface area contributed by atoms with Crippen LogP contribution in [-0.4, -0.2) is 25.5 Å². The number of anilines is 1. The summed E-state index contributed by atoms with van der Waals surface area (Å²) in [7, 11) is 0. The van der Waals surface area contributed by atoms with Crippen LogP contribution in [0.2, 0.25) is 10.0 Å². The highest BCUT2D eigenvalue weighted by Crippen LogP contribution is 2.25. The van der Waals surface area contributed by atoms with Crippen LogP contribution in [0.25, 0.3) is 0 Å². The number of benzene rings is 2. The van der Waals surface area contributed by atoms with E-state index in [-0.39, 0.29) is 18.3 Å². The third kappa shape index (κ3) is 5.86. The number of hydrogen-bond donors (Lipinski definition) is 1. The average molecular weight is 512 g/mol. The van der Waals surface area contributed by atoms with Gasteiger partial charge < -0.3 is 10.1 Å². The van der Waals surface area contributed by atoms with Gasteiger partial charge in [-0.1, -0.05) is 55.2 Å². The number of halogens is 2. The molecule has 0 fully saturated rings. The van der Waals surface area contributed by atoms with E-state index in [4.69, 9.17) is 27.9 Å². The molecule has 4 rings (SSSR count). The molecule has 0 unspecified atom stereocenters. The van der Waals surface area contributed by atoms with Gasteiger partial charge in [-0.2, -0.15) is 10.2 Å². The second-order valence-electron chi connectivity index (χ2n) is 8.63. The fourth-order valence-electron chi connectivity index (χ4n) is 3.66. The van der Waals surface area contributed by atoms with Gasteiger partial charge in [-0.05, 0) is 61.2 Å². The Morgan fingerprint density at radius 1 is 1.06 bits per heavy atom. The molecule has 0 radical (unpaired) electrons. The van der Waals surface area contributed by atoms with Crippen molar-refractivity contribution in [2.75, 3.05) is 5.32 Å². The Morgan fingerprint density at radius 2 is 1.80 bits per heavy atom. The van der Waals surface area contributed by atoms with Gasteiger partial charge >= 0.3 is 0 Å². The lowest BCUT2D eigenvalue weighted by Gasteiger charge is -2.09. The number of nitrogens with one attached hydrogen (secondary N) is 1. The highest BCUT2D eigenvalue weighted by atomic mass is 35.5. The average Bonchev–Trinajstić information content (AvgIpc) is 3.40. The van der Waals surface area contributed by atoms with Gasteiger partial charge in [0.25, 0.3) is 5.91 Å². The second kappa shape index (κ2) is 10.5. The summed E-state index contributed by atoms with van der Waals surface area (Å²) in [4.78, 5) is 12.9. The molecule has 0 saturated heterocycles. The van der Waals surface area contributed by atoms with E-state index in [0.29, 0.717) is 33.9 Å². The van der Waals surface area contributed by atoms with E-state index >= 15 is 0 Å². The number of rotatable bonds is 8. The molecule has 0 saturated carbocycles. The lowest BCUT2D eigenvalue weighted by atomic mass is 10.0. The van der Waals surface area contributed by atoms with Crippen LogP contribution in [0.4, 0.5) is 5.69 Å². The largest absolute Gasteiger partial charge is 0.471 e. The molecule has 7 nitrogen and oxygen atoms in total. The Balaban J connectivity index is 1.40. The molecule has 9 heteroatoms. The van der Waals surface area contributed by atoms with Gasteiger partial charge in [-0.25, -0.2) is 4.68 Å². The smallest absolute Gasteiger partial charge is 0.276 e. The summed E-state index contributed by atoms with van der Waals surface area (Å²) in [6.45, 7) is 8.70. The van der Waals surface area contributed by atoms with Crippen LogP contribution in [0.5, 0.6) is 5.75 Å². The van der Waals surface area contributed by atoms with Crippen LogP contribution in [0.1, 0.15) is 52.8 Å². The maximum Gasteiger partial charge on any atom is 0.276 e. The van der Waals surface area contributed by atoms with E-state index in [0.717, 1.165) is 17.0 Å². The predicted octanol–water partition coefficient (Wildman–Crippen LogP) is 6.46. The van der Waals surface area contributed by atoms with E-state index < -0.39 is 0 Å². The number of nitrogens with zero attached hydrogens (tertiary/aromatic N) is 4. The van der Waals surface area contributed by atoms with Crippen LogP contribution < -0.4 is 10.1 Å². The second-order valence-corrected chi connectivity index (χ2v) is 9.47. The number of aromatic nitrogens is 4. The number of ether oxygens (including phenoxy) is 1. The predicted molar refractivity (Wildman–Crippen MR) is 139 cm³/mol. The quantitative estimate of drug-likeness (QED) is 0.294. The molecule has 2 aromatic heterocycles. The Labute approximate surface area is 214 Å². The number of aryl methyl sites for hydroxylation is 1. The summed E-state index contributed by atoms with van der Waals surface area (Å²) in [6, 6.07) is 15.0. The lowest BCUT2D eigenvalue weighted by molar-refractivity contribution is 0.102. The minimum Gasteiger partial charge on any atom is -0.471 e. The van der Waals surface area contributed by atoms with Crippen molar-refractivity contribution in [1.82, 2.24) is 19.6 Å². The summed E-state index contributed by atoms with van der Waals surface area (Å²) >= 11 is 12.3. The monoisotopic (exact) mass is 511 g/mol. The minimum absolute atomic E-state index is 0.201. The van der Waals surface area contributed by atoms with Crippen molar-refractivity contribution in [3.8, 4) is 5.75 Å². The fourth-order valence-corrected chi connectivity index (χ4v) is 4.13. The first-order valence-corrected chi connectivity index (χ1v) is 12.0. The van der Waals surface area contributed by atoms with E-state index in [1.807, 2.05) is 44.2 Å². The summed E-state index contributed by atoms with van der Waals surface area (Å²) in [5.41, 5.74) is 4.59. The zero-order chi connectivity index (χ0) is 25.1. The number of amides is 1. The third-order valence-electron chi connectivity index (χ3n) is 5.74. The van der Waals surface area contributed by atoms with Gasteiger partial charge in [0, 0.05) is 16.2 Å². The van der Waals surface area contributed by atoms with Gasteiger partial charge in [-0.15, -0.1) is 0 Å². The number of carbonyl (C=O) groups is 1. The fraction of sp³-hybridized carbons (Fsp3) is 0.269. The van der Waals surface area contributed by atoms with Crippen molar-refractivity contribution in [1.29, 1.82) is 0 Å². The van der Waals surface area contributed by atoms with Gasteiger partial charge in [0.15, 0.2) is 12.4 Å². The molecule has 35 heavy (non-hydrogen) atoms. The Hall–Kier alpha value is -3.29. The Kier molecular flexibility index (Phi) is 7.48. The summed E-state index contributed by atoms with van der Waals surface area (Å²) in [5.74, 6) is 0.890. The number of hydrogen-bond acceptors (Lipinski definition) is 4. The third-order valence-corrected chi connectivity index (χ3v) is 6.33. The first-order valence-electron chi connectivity index (χ1n) is 11.3. The molecule has 0 bridgehead atoms. The van der Waals surface area contributed by atoms with Gasteiger partial charge in [-0.3, -0.25) is 9.48 Å². The molecule has 1 amide bonds. The first-order chi connectivity index (χ1) is 16.7. The highest BCUT2D eigenvalue weighted by Gasteiger charge is 2.18.